The van der Waals surface area contributed by atoms with Crippen LogP contribution < -0.4 is 10.1 Å². The van der Waals surface area contributed by atoms with E-state index in [4.69, 9.17) is 4.74 Å². The topological polar surface area (TPSA) is 41.6 Å². The van der Waals surface area contributed by atoms with E-state index in [-0.39, 0.29) is 5.91 Å². The Bertz CT molecular complexity index is 414. The van der Waals surface area contributed by atoms with Crippen LogP contribution in [-0.2, 0) is 4.79 Å². The largest absolute Gasteiger partial charge is 0.481 e. The molecule has 0 aliphatic carbocycles. The second kappa shape index (κ2) is 6.91. The number of rotatable bonds is 3. The van der Waals surface area contributed by atoms with E-state index in [9.17, 15) is 4.79 Å². The van der Waals surface area contributed by atoms with Crippen LogP contribution in [0.4, 0.5) is 0 Å². The van der Waals surface area contributed by atoms with Crippen LogP contribution in [-0.4, -0.2) is 43.1 Å². The normalized spacial score (nSPS) is 17.7. The van der Waals surface area contributed by atoms with Crippen molar-refractivity contribution in [2.45, 2.75) is 19.4 Å². The molecule has 1 saturated heterocycles. The lowest BCUT2D eigenvalue weighted by Crippen LogP contribution is -2.42. The lowest BCUT2D eigenvalue weighted by atomic mass is 10.3. The van der Waals surface area contributed by atoms with Crippen molar-refractivity contribution in [3.8, 4) is 5.75 Å². The zero-order valence-corrected chi connectivity index (χ0v) is 12.6. The van der Waals surface area contributed by atoms with Gasteiger partial charge in [-0.05, 0) is 44.2 Å². The summed E-state index contributed by atoms with van der Waals surface area (Å²) in [6.45, 7) is 5.21. The Hall–Kier alpha value is -1.07. The molecular weight excluding hydrogens is 308 g/mol. The maximum atomic E-state index is 12.3. The van der Waals surface area contributed by atoms with E-state index in [0.717, 1.165) is 42.8 Å². The molecule has 0 radical (unpaired) electrons. The summed E-state index contributed by atoms with van der Waals surface area (Å²) < 4.78 is 6.69. The van der Waals surface area contributed by atoms with Gasteiger partial charge in [-0.15, -0.1) is 0 Å². The fourth-order valence-corrected chi connectivity index (χ4v) is 2.36. The summed E-state index contributed by atoms with van der Waals surface area (Å²) in [5.41, 5.74) is 0. The quantitative estimate of drug-likeness (QED) is 0.924. The number of ether oxygens (including phenoxy) is 1. The van der Waals surface area contributed by atoms with Gasteiger partial charge in [-0.2, -0.15) is 0 Å². The Labute approximate surface area is 122 Å². The fourth-order valence-electron chi connectivity index (χ4n) is 2.09. The van der Waals surface area contributed by atoms with Crippen LogP contribution in [0.3, 0.4) is 0 Å². The number of carbonyl (C=O) groups excluding carboxylic acids is 1. The van der Waals surface area contributed by atoms with E-state index < -0.39 is 6.10 Å². The molecule has 104 valence electrons. The van der Waals surface area contributed by atoms with Crippen LogP contribution >= 0.6 is 15.9 Å². The van der Waals surface area contributed by atoms with Crippen LogP contribution in [0.25, 0.3) is 0 Å². The number of carbonyl (C=O) groups is 1. The number of amides is 1. The average Bonchev–Trinajstić information content (AvgIpc) is 2.69. The Morgan fingerprint density at radius 2 is 2.05 bits per heavy atom. The number of hydrogen-bond acceptors (Lipinski definition) is 3. The summed E-state index contributed by atoms with van der Waals surface area (Å²) in [6.07, 6.45) is 0.552. The molecule has 0 saturated carbocycles. The molecular formula is C14H19BrN2O2. The molecule has 1 amide bonds. The van der Waals surface area contributed by atoms with Gasteiger partial charge in [0, 0.05) is 24.1 Å². The maximum Gasteiger partial charge on any atom is 0.263 e. The van der Waals surface area contributed by atoms with Gasteiger partial charge in [-0.25, -0.2) is 0 Å². The minimum Gasteiger partial charge on any atom is -0.481 e. The summed E-state index contributed by atoms with van der Waals surface area (Å²) in [4.78, 5) is 14.2. The molecule has 1 fully saturated rings. The average molecular weight is 327 g/mol. The van der Waals surface area contributed by atoms with Gasteiger partial charge in [-0.1, -0.05) is 15.9 Å². The first-order valence-electron chi connectivity index (χ1n) is 6.58. The number of halogens is 1. The number of nitrogens with one attached hydrogen (secondary N) is 1. The second-order valence-corrected chi connectivity index (χ2v) is 5.56. The standard InChI is InChI=1S/C14H19BrN2O2/c1-11(19-13-5-3-12(15)4-6-13)14(18)17-9-2-7-16-8-10-17/h3-6,11,16H,2,7-10H2,1H3. The third kappa shape index (κ3) is 4.21. The first-order chi connectivity index (χ1) is 9.16. The van der Waals surface area contributed by atoms with E-state index in [2.05, 4.69) is 21.2 Å². The number of hydrogen-bond donors (Lipinski definition) is 1. The van der Waals surface area contributed by atoms with Crippen LogP contribution in [0.5, 0.6) is 5.75 Å². The van der Waals surface area contributed by atoms with Crippen LogP contribution in [0.2, 0.25) is 0 Å². The summed E-state index contributed by atoms with van der Waals surface area (Å²) >= 11 is 3.37. The highest BCUT2D eigenvalue weighted by molar-refractivity contribution is 9.10. The van der Waals surface area contributed by atoms with E-state index in [0.29, 0.717) is 0 Å². The van der Waals surface area contributed by atoms with Crippen molar-refractivity contribution in [2.75, 3.05) is 26.2 Å². The van der Waals surface area contributed by atoms with Crippen molar-refractivity contribution in [3.05, 3.63) is 28.7 Å². The lowest BCUT2D eigenvalue weighted by molar-refractivity contribution is -0.137. The van der Waals surface area contributed by atoms with E-state index >= 15 is 0 Å². The van der Waals surface area contributed by atoms with E-state index in [1.165, 1.54) is 0 Å². The van der Waals surface area contributed by atoms with E-state index in [1.54, 1.807) is 0 Å². The highest BCUT2D eigenvalue weighted by atomic mass is 79.9. The minimum atomic E-state index is -0.445. The number of benzene rings is 1. The smallest absolute Gasteiger partial charge is 0.263 e. The van der Waals surface area contributed by atoms with Gasteiger partial charge < -0.3 is 15.0 Å². The molecule has 0 spiro atoms. The van der Waals surface area contributed by atoms with Gasteiger partial charge in [-0.3, -0.25) is 4.79 Å². The highest BCUT2D eigenvalue weighted by Crippen LogP contribution is 2.17. The van der Waals surface area contributed by atoms with Crippen molar-refractivity contribution in [1.29, 1.82) is 0 Å². The van der Waals surface area contributed by atoms with Crippen molar-refractivity contribution in [1.82, 2.24) is 10.2 Å². The molecule has 1 heterocycles. The second-order valence-electron chi connectivity index (χ2n) is 4.64. The predicted octanol–water partition coefficient (Wildman–Crippen LogP) is 2.04. The molecule has 1 N–H and O–H groups in total. The van der Waals surface area contributed by atoms with Crippen molar-refractivity contribution < 1.29 is 9.53 Å². The Balaban J connectivity index is 1.92. The fraction of sp³-hybridized carbons (Fsp3) is 0.500. The number of nitrogens with zero attached hydrogens (tertiary/aromatic N) is 1. The molecule has 2 rings (SSSR count). The van der Waals surface area contributed by atoms with Crippen LogP contribution in [0.15, 0.2) is 28.7 Å². The SMILES string of the molecule is CC(Oc1ccc(Br)cc1)C(=O)N1CCCNCC1. The Morgan fingerprint density at radius 1 is 1.32 bits per heavy atom. The van der Waals surface area contributed by atoms with Gasteiger partial charge in [0.1, 0.15) is 5.75 Å². The summed E-state index contributed by atoms with van der Waals surface area (Å²) in [5, 5.41) is 3.29. The Kier molecular flexibility index (Phi) is 5.22. The molecule has 1 aliphatic heterocycles. The lowest BCUT2D eigenvalue weighted by Gasteiger charge is -2.24. The Morgan fingerprint density at radius 3 is 2.79 bits per heavy atom. The molecule has 19 heavy (non-hydrogen) atoms. The van der Waals surface area contributed by atoms with Gasteiger partial charge in [0.15, 0.2) is 6.10 Å². The molecule has 0 aromatic heterocycles. The van der Waals surface area contributed by atoms with Gasteiger partial charge >= 0.3 is 0 Å². The van der Waals surface area contributed by atoms with Crippen LogP contribution in [0.1, 0.15) is 13.3 Å². The summed E-state index contributed by atoms with van der Waals surface area (Å²) in [5.74, 6) is 0.781. The first kappa shape index (κ1) is 14.3. The van der Waals surface area contributed by atoms with Crippen molar-refractivity contribution in [3.63, 3.8) is 0 Å². The highest BCUT2D eigenvalue weighted by Gasteiger charge is 2.22. The molecule has 1 unspecified atom stereocenters. The molecule has 4 nitrogen and oxygen atoms in total. The predicted molar refractivity (Wildman–Crippen MR) is 78.3 cm³/mol. The minimum absolute atomic E-state index is 0.0617. The zero-order valence-electron chi connectivity index (χ0n) is 11.1. The molecule has 1 atom stereocenters. The molecule has 0 bridgehead atoms. The van der Waals surface area contributed by atoms with Crippen molar-refractivity contribution >= 4 is 21.8 Å². The van der Waals surface area contributed by atoms with Gasteiger partial charge in [0.2, 0.25) is 0 Å². The van der Waals surface area contributed by atoms with Gasteiger partial charge in [0.05, 0.1) is 0 Å². The third-order valence-corrected chi connectivity index (χ3v) is 3.65. The molecule has 1 aliphatic rings. The van der Waals surface area contributed by atoms with Crippen molar-refractivity contribution in [2.24, 2.45) is 0 Å². The summed E-state index contributed by atoms with van der Waals surface area (Å²) in [7, 11) is 0. The monoisotopic (exact) mass is 326 g/mol. The zero-order chi connectivity index (χ0) is 13.7. The molecule has 1 aromatic rings. The van der Waals surface area contributed by atoms with Crippen LogP contribution in [0, 0.1) is 0 Å². The van der Waals surface area contributed by atoms with Gasteiger partial charge in [0.25, 0.3) is 5.91 Å². The molecule has 5 heteroatoms. The van der Waals surface area contributed by atoms with E-state index in [1.807, 2.05) is 36.1 Å². The first-order valence-corrected chi connectivity index (χ1v) is 7.38. The maximum absolute atomic E-state index is 12.3. The third-order valence-electron chi connectivity index (χ3n) is 3.13. The molecule has 1 aromatic carbocycles. The summed E-state index contributed by atoms with van der Waals surface area (Å²) in [6, 6.07) is 7.53.